The highest BCUT2D eigenvalue weighted by Crippen LogP contribution is 2.13. The maximum absolute atomic E-state index is 12.5. The zero-order chi connectivity index (χ0) is 22.8. The van der Waals surface area contributed by atoms with Crippen LogP contribution in [0.2, 0.25) is 0 Å². The predicted molar refractivity (Wildman–Crippen MR) is 124 cm³/mol. The number of rotatable bonds is 8. The maximum Gasteiger partial charge on any atom is 0.319 e. The molecule has 0 unspecified atom stereocenters. The van der Waals surface area contributed by atoms with Gasteiger partial charge in [0.25, 0.3) is 5.91 Å². The van der Waals surface area contributed by atoms with E-state index in [0.29, 0.717) is 30.9 Å². The Morgan fingerprint density at radius 1 is 0.969 bits per heavy atom. The van der Waals surface area contributed by atoms with Crippen LogP contribution >= 0.6 is 0 Å². The van der Waals surface area contributed by atoms with Crippen LogP contribution in [0.4, 0.5) is 16.3 Å². The Balaban J connectivity index is 1.38. The summed E-state index contributed by atoms with van der Waals surface area (Å²) in [6.07, 6.45) is 2.85. The smallest absolute Gasteiger partial charge is 0.319 e. The lowest BCUT2D eigenvalue weighted by molar-refractivity contribution is -0.131. The lowest BCUT2D eigenvalue weighted by Gasteiger charge is -2.35. The van der Waals surface area contributed by atoms with Crippen LogP contribution in [0.25, 0.3) is 0 Å². The molecule has 0 radical (unpaired) electrons. The molecule has 9 nitrogen and oxygen atoms in total. The Kier molecular flexibility index (Phi) is 8.42. The lowest BCUT2D eigenvalue weighted by Crippen LogP contribution is -2.49. The topological polar surface area (TPSA) is 107 Å². The Labute approximate surface area is 188 Å². The average Bonchev–Trinajstić information content (AvgIpc) is 2.83. The summed E-state index contributed by atoms with van der Waals surface area (Å²) in [7, 11) is 0. The van der Waals surface area contributed by atoms with E-state index in [2.05, 4.69) is 25.8 Å². The third kappa shape index (κ3) is 6.69. The molecule has 1 aromatic carbocycles. The summed E-state index contributed by atoms with van der Waals surface area (Å²) < 4.78 is 0. The second-order valence-electron chi connectivity index (χ2n) is 7.52. The summed E-state index contributed by atoms with van der Waals surface area (Å²) in [6.45, 7) is 5.56. The van der Waals surface area contributed by atoms with Gasteiger partial charge in [0.2, 0.25) is 5.91 Å². The number of pyridine rings is 1. The van der Waals surface area contributed by atoms with E-state index in [9.17, 15) is 14.4 Å². The molecule has 3 N–H and O–H groups in total. The van der Waals surface area contributed by atoms with Gasteiger partial charge in [0.05, 0.1) is 0 Å². The summed E-state index contributed by atoms with van der Waals surface area (Å²) in [5, 5.41) is 8.21. The van der Waals surface area contributed by atoms with Crippen molar-refractivity contribution in [3.8, 4) is 0 Å². The van der Waals surface area contributed by atoms with Crippen molar-refractivity contribution in [1.29, 1.82) is 0 Å². The molecule has 3 rings (SSSR count). The molecule has 1 aliphatic rings. The first-order valence-electron chi connectivity index (χ1n) is 10.9. The molecular weight excluding hydrogens is 408 g/mol. The predicted octanol–water partition coefficient (Wildman–Crippen LogP) is 2.08. The third-order valence-corrected chi connectivity index (χ3v) is 5.15. The highest BCUT2D eigenvalue weighted by atomic mass is 16.2. The third-order valence-electron chi connectivity index (χ3n) is 5.15. The van der Waals surface area contributed by atoms with Gasteiger partial charge in [-0.1, -0.05) is 19.1 Å². The fourth-order valence-corrected chi connectivity index (χ4v) is 3.42. The van der Waals surface area contributed by atoms with Crippen LogP contribution in [0.5, 0.6) is 0 Å². The molecule has 0 saturated carbocycles. The fourth-order valence-electron chi connectivity index (χ4n) is 3.42. The van der Waals surface area contributed by atoms with Crippen LogP contribution in [0.1, 0.15) is 30.1 Å². The van der Waals surface area contributed by atoms with Crippen molar-refractivity contribution in [2.45, 2.75) is 19.8 Å². The molecule has 170 valence electrons. The van der Waals surface area contributed by atoms with Gasteiger partial charge in [-0.2, -0.15) is 0 Å². The molecule has 0 aliphatic carbocycles. The zero-order valence-corrected chi connectivity index (χ0v) is 18.3. The molecule has 2 heterocycles. The largest absolute Gasteiger partial charge is 0.353 e. The summed E-state index contributed by atoms with van der Waals surface area (Å²) in [5.41, 5.74) is 1.000. The number of nitrogens with one attached hydrogen (secondary N) is 3. The van der Waals surface area contributed by atoms with E-state index in [4.69, 9.17) is 0 Å². The van der Waals surface area contributed by atoms with Crippen molar-refractivity contribution in [3.05, 3.63) is 54.2 Å². The molecular formula is C23H30N6O3. The van der Waals surface area contributed by atoms with E-state index < -0.39 is 6.03 Å². The van der Waals surface area contributed by atoms with E-state index in [1.54, 1.807) is 30.5 Å². The number of piperazine rings is 1. The highest BCUT2D eigenvalue weighted by molar-refractivity contribution is 5.96. The number of carbonyl (C=O) groups excluding carboxylic acids is 3. The summed E-state index contributed by atoms with van der Waals surface area (Å²) in [5.74, 6) is 0.759. The van der Waals surface area contributed by atoms with Gasteiger partial charge < -0.3 is 25.8 Å². The second kappa shape index (κ2) is 11.7. The Hall–Kier alpha value is -3.62. The monoisotopic (exact) mass is 438 g/mol. The Morgan fingerprint density at radius 3 is 2.50 bits per heavy atom. The van der Waals surface area contributed by atoms with Crippen LogP contribution < -0.4 is 20.9 Å². The van der Waals surface area contributed by atoms with E-state index in [0.717, 1.165) is 25.3 Å². The molecule has 2 aromatic rings. The average molecular weight is 439 g/mol. The number of benzene rings is 1. The van der Waals surface area contributed by atoms with E-state index in [1.807, 2.05) is 30.0 Å². The number of nitrogens with zero attached hydrogens (tertiary/aromatic N) is 3. The van der Waals surface area contributed by atoms with Gasteiger partial charge in [0.1, 0.15) is 5.82 Å². The fraction of sp³-hybridized carbons (Fsp3) is 0.391. The van der Waals surface area contributed by atoms with Crippen LogP contribution in [0.3, 0.4) is 0 Å². The lowest BCUT2D eigenvalue weighted by atomic mass is 10.2. The van der Waals surface area contributed by atoms with Gasteiger partial charge in [-0.3, -0.25) is 9.59 Å². The van der Waals surface area contributed by atoms with Crippen molar-refractivity contribution in [2.75, 3.05) is 49.5 Å². The zero-order valence-electron chi connectivity index (χ0n) is 18.3. The van der Waals surface area contributed by atoms with Crippen molar-refractivity contribution < 1.29 is 14.4 Å². The van der Waals surface area contributed by atoms with Crippen molar-refractivity contribution >= 4 is 29.4 Å². The van der Waals surface area contributed by atoms with Gasteiger partial charge in [0.15, 0.2) is 0 Å². The van der Waals surface area contributed by atoms with E-state index >= 15 is 0 Å². The first kappa shape index (κ1) is 23.1. The number of urea groups is 1. The minimum atomic E-state index is -0.413. The number of hydrogen-bond acceptors (Lipinski definition) is 5. The summed E-state index contributed by atoms with van der Waals surface area (Å²) in [6, 6.07) is 12.1. The van der Waals surface area contributed by atoms with Crippen molar-refractivity contribution in [2.24, 2.45) is 0 Å². The quantitative estimate of drug-likeness (QED) is 0.585. The molecule has 1 aliphatic heterocycles. The van der Waals surface area contributed by atoms with Gasteiger partial charge in [-0.05, 0) is 36.8 Å². The second-order valence-corrected chi connectivity index (χ2v) is 7.52. The van der Waals surface area contributed by atoms with Gasteiger partial charge in [-0.25, -0.2) is 9.78 Å². The highest BCUT2D eigenvalue weighted by Gasteiger charge is 2.21. The maximum atomic E-state index is 12.5. The Bertz CT molecular complexity index is 913. The molecule has 1 saturated heterocycles. The number of carbonyl (C=O) groups is 3. The SMILES string of the molecule is CCCNC(=O)c1cccc(NC(=O)NCCC(=O)N2CCN(c3ccccn3)CC2)c1. The van der Waals surface area contributed by atoms with Crippen LogP contribution in [-0.4, -0.2) is 67.0 Å². The normalized spacial score (nSPS) is 13.4. The molecule has 4 amide bonds. The molecule has 1 aromatic heterocycles. The number of anilines is 2. The molecule has 0 bridgehead atoms. The van der Waals surface area contributed by atoms with Crippen LogP contribution in [-0.2, 0) is 4.79 Å². The standard InChI is InChI=1S/C23H30N6O3/c1-2-10-25-22(31)18-6-5-7-19(17-18)27-23(32)26-12-9-21(30)29-15-13-28(14-16-29)20-8-3-4-11-24-20/h3-8,11,17H,2,9-10,12-16H2,1H3,(H,25,31)(H2,26,27,32). The molecule has 0 spiro atoms. The minimum absolute atomic E-state index is 0.0144. The first-order chi connectivity index (χ1) is 15.6. The minimum Gasteiger partial charge on any atom is -0.353 e. The number of amides is 4. The molecule has 0 atom stereocenters. The Morgan fingerprint density at radius 2 is 1.78 bits per heavy atom. The van der Waals surface area contributed by atoms with Crippen LogP contribution in [0, 0.1) is 0 Å². The van der Waals surface area contributed by atoms with Gasteiger partial charge in [-0.15, -0.1) is 0 Å². The number of aromatic nitrogens is 1. The van der Waals surface area contributed by atoms with Crippen LogP contribution in [0.15, 0.2) is 48.7 Å². The van der Waals surface area contributed by atoms with Gasteiger partial charge in [0, 0.05) is 63.1 Å². The first-order valence-corrected chi connectivity index (χ1v) is 10.9. The number of hydrogen-bond donors (Lipinski definition) is 3. The van der Waals surface area contributed by atoms with E-state index in [-0.39, 0.29) is 24.8 Å². The summed E-state index contributed by atoms with van der Waals surface area (Å²) >= 11 is 0. The van der Waals surface area contributed by atoms with Gasteiger partial charge >= 0.3 is 6.03 Å². The molecule has 32 heavy (non-hydrogen) atoms. The van der Waals surface area contributed by atoms with E-state index in [1.165, 1.54) is 0 Å². The molecule has 1 fully saturated rings. The van der Waals surface area contributed by atoms with Crippen molar-refractivity contribution in [1.82, 2.24) is 20.5 Å². The molecule has 9 heteroatoms. The summed E-state index contributed by atoms with van der Waals surface area (Å²) in [4.78, 5) is 45.0. The van der Waals surface area contributed by atoms with Crippen molar-refractivity contribution in [3.63, 3.8) is 0 Å².